The standard InChI is InChI=1S/C5H6ClN3O2S/c1-12(10,11)3-4(6)8-2-9-5(3)7/h2H,1H3,(H2,7,8,9). The quantitative estimate of drug-likeness (QED) is 0.661. The van der Waals surface area contributed by atoms with Gasteiger partial charge < -0.3 is 5.73 Å². The van der Waals surface area contributed by atoms with Crippen LogP contribution in [0, 0.1) is 0 Å². The van der Waals surface area contributed by atoms with Crippen molar-refractivity contribution in [2.45, 2.75) is 4.90 Å². The first kappa shape index (κ1) is 9.21. The average molecular weight is 208 g/mol. The van der Waals surface area contributed by atoms with Crippen LogP contribution in [0.1, 0.15) is 0 Å². The number of hydrogen-bond donors (Lipinski definition) is 1. The van der Waals surface area contributed by atoms with Crippen LogP contribution in [-0.2, 0) is 9.84 Å². The molecule has 1 aromatic rings. The summed E-state index contributed by atoms with van der Waals surface area (Å²) in [6.45, 7) is 0. The topological polar surface area (TPSA) is 85.9 Å². The lowest BCUT2D eigenvalue weighted by Crippen LogP contribution is -2.06. The zero-order valence-corrected chi connectivity index (χ0v) is 7.72. The van der Waals surface area contributed by atoms with Crippen molar-refractivity contribution in [1.29, 1.82) is 0 Å². The molecule has 0 fully saturated rings. The number of sulfone groups is 1. The SMILES string of the molecule is CS(=O)(=O)c1c(N)ncnc1Cl. The highest BCUT2D eigenvalue weighted by molar-refractivity contribution is 7.91. The van der Waals surface area contributed by atoms with Gasteiger partial charge in [0.1, 0.15) is 17.0 Å². The molecule has 0 radical (unpaired) electrons. The molecule has 0 atom stereocenters. The van der Waals surface area contributed by atoms with E-state index in [1.165, 1.54) is 0 Å². The maximum absolute atomic E-state index is 11.0. The second-order valence-electron chi connectivity index (χ2n) is 2.15. The van der Waals surface area contributed by atoms with Gasteiger partial charge in [0, 0.05) is 6.26 Å². The molecule has 0 saturated carbocycles. The molecule has 0 unspecified atom stereocenters. The molecule has 0 aromatic carbocycles. The molecule has 5 nitrogen and oxygen atoms in total. The predicted octanol–water partition coefficient (Wildman–Crippen LogP) is 0.116. The summed E-state index contributed by atoms with van der Waals surface area (Å²) in [5.41, 5.74) is 5.29. The van der Waals surface area contributed by atoms with Crippen LogP contribution in [0.3, 0.4) is 0 Å². The fourth-order valence-electron chi connectivity index (χ4n) is 0.708. The third-order valence-corrected chi connectivity index (χ3v) is 2.70. The van der Waals surface area contributed by atoms with E-state index in [0.29, 0.717) is 0 Å². The van der Waals surface area contributed by atoms with Crippen molar-refractivity contribution in [1.82, 2.24) is 9.97 Å². The maximum atomic E-state index is 11.0. The summed E-state index contributed by atoms with van der Waals surface area (Å²) < 4.78 is 22.1. The first-order valence-electron chi connectivity index (χ1n) is 2.89. The molecule has 66 valence electrons. The molecule has 0 aliphatic carbocycles. The Labute approximate surface area is 74.5 Å². The van der Waals surface area contributed by atoms with Gasteiger partial charge in [-0.1, -0.05) is 11.6 Å². The van der Waals surface area contributed by atoms with Crippen molar-refractivity contribution in [3.63, 3.8) is 0 Å². The number of anilines is 1. The molecule has 0 aliphatic rings. The Morgan fingerprint density at radius 1 is 1.50 bits per heavy atom. The van der Waals surface area contributed by atoms with E-state index in [0.717, 1.165) is 12.6 Å². The van der Waals surface area contributed by atoms with Crippen LogP contribution < -0.4 is 5.73 Å². The van der Waals surface area contributed by atoms with E-state index in [9.17, 15) is 8.42 Å². The Balaban J connectivity index is 3.53. The minimum atomic E-state index is -3.45. The van der Waals surface area contributed by atoms with Gasteiger partial charge in [0.05, 0.1) is 0 Å². The van der Waals surface area contributed by atoms with E-state index in [2.05, 4.69) is 9.97 Å². The van der Waals surface area contributed by atoms with Crippen LogP contribution in [0.25, 0.3) is 0 Å². The van der Waals surface area contributed by atoms with Crippen molar-refractivity contribution in [2.24, 2.45) is 0 Å². The van der Waals surface area contributed by atoms with E-state index in [1.54, 1.807) is 0 Å². The highest BCUT2D eigenvalue weighted by Crippen LogP contribution is 2.22. The lowest BCUT2D eigenvalue weighted by atomic mass is 10.6. The van der Waals surface area contributed by atoms with Crippen molar-refractivity contribution >= 4 is 27.3 Å². The summed E-state index contributed by atoms with van der Waals surface area (Å²) in [6.07, 6.45) is 2.10. The van der Waals surface area contributed by atoms with E-state index in [1.807, 2.05) is 0 Å². The Kier molecular flexibility index (Phi) is 2.20. The fourth-order valence-corrected chi connectivity index (χ4v) is 2.06. The van der Waals surface area contributed by atoms with Crippen LogP contribution in [-0.4, -0.2) is 24.6 Å². The first-order valence-corrected chi connectivity index (χ1v) is 5.16. The van der Waals surface area contributed by atoms with Crippen LogP contribution in [0.5, 0.6) is 0 Å². The summed E-state index contributed by atoms with van der Waals surface area (Å²) in [5, 5.41) is -0.148. The third kappa shape index (κ3) is 1.64. The molecule has 0 aliphatic heterocycles. The maximum Gasteiger partial charge on any atom is 0.182 e. The fraction of sp³-hybridized carbons (Fsp3) is 0.200. The minimum absolute atomic E-state index is 0.127. The molecule has 0 spiro atoms. The minimum Gasteiger partial charge on any atom is -0.382 e. The highest BCUT2D eigenvalue weighted by Gasteiger charge is 2.17. The summed E-state index contributed by atoms with van der Waals surface area (Å²) in [4.78, 5) is 6.79. The van der Waals surface area contributed by atoms with E-state index < -0.39 is 9.84 Å². The number of nitrogens with two attached hydrogens (primary N) is 1. The van der Waals surface area contributed by atoms with E-state index in [4.69, 9.17) is 17.3 Å². The summed E-state index contributed by atoms with van der Waals surface area (Å²) in [7, 11) is -3.45. The molecular weight excluding hydrogens is 202 g/mol. The van der Waals surface area contributed by atoms with E-state index in [-0.39, 0.29) is 15.9 Å². The molecule has 2 N–H and O–H groups in total. The zero-order chi connectivity index (χ0) is 9.35. The second kappa shape index (κ2) is 2.87. The molecule has 1 heterocycles. The second-order valence-corrected chi connectivity index (χ2v) is 4.46. The lowest BCUT2D eigenvalue weighted by molar-refractivity contribution is 0.601. The zero-order valence-electron chi connectivity index (χ0n) is 6.15. The van der Waals surface area contributed by atoms with Gasteiger partial charge in [-0.25, -0.2) is 18.4 Å². The van der Waals surface area contributed by atoms with Crippen LogP contribution >= 0.6 is 11.6 Å². The number of hydrogen-bond acceptors (Lipinski definition) is 5. The number of halogens is 1. The number of rotatable bonds is 1. The van der Waals surface area contributed by atoms with Crippen LogP contribution in [0.15, 0.2) is 11.2 Å². The van der Waals surface area contributed by atoms with Gasteiger partial charge in [-0.3, -0.25) is 0 Å². The van der Waals surface area contributed by atoms with Crippen molar-refractivity contribution < 1.29 is 8.42 Å². The number of nitrogen functional groups attached to an aromatic ring is 1. The molecule has 0 bridgehead atoms. The van der Waals surface area contributed by atoms with Crippen LogP contribution in [0.4, 0.5) is 5.82 Å². The Hall–Kier alpha value is -0.880. The Morgan fingerprint density at radius 2 is 2.08 bits per heavy atom. The largest absolute Gasteiger partial charge is 0.382 e. The molecule has 1 aromatic heterocycles. The van der Waals surface area contributed by atoms with Gasteiger partial charge in [0.2, 0.25) is 0 Å². The van der Waals surface area contributed by atoms with Gasteiger partial charge in [-0.15, -0.1) is 0 Å². The van der Waals surface area contributed by atoms with Crippen molar-refractivity contribution in [3.05, 3.63) is 11.5 Å². The normalized spacial score (nSPS) is 11.5. The van der Waals surface area contributed by atoms with E-state index >= 15 is 0 Å². The van der Waals surface area contributed by atoms with Gasteiger partial charge in [0.25, 0.3) is 0 Å². The smallest absolute Gasteiger partial charge is 0.182 e. The molecule has 12 heavy (non-hydrogen) atoms. The van der Waals surface area contributed by atoms with Crippen molar-refractivity contribution in [2.75, 3.05) is 12.0 Å². The van der Waals surface area contributed by atoms with Gasteiger partial charge in [-0.05, 0) is 0 Å². The summed E-state index contributed by atoms with van der Waals surface area (Å²) >= 11 is 5.50. The van der Waals surface area contributed by atoms with Crippen molar-refractivity contribution in [3.8, 4) is 0 Å². The first-order chi connectivity index (χ1) is 5.43. The predicted molar refractivity (Wildman–Crippen MR) is 44.6 cm³/mol. The molecular formula is C5H6ClN3O2S. The van der Waals surface area contributed by atoms with Crippen LogP contribution in [0.2, 0.25) is 5.15 Å². The number of aromatic nitrogens is 2. The third-order valence-electron chi connectivity index (χ3n) is 1.16. The Bertz CT molecular complexity index is 383. The van der Waals surface area contributed by atoms with Gasteiger partial charge >= 0.3 is 0 Å². The molecule has 1 rings (SSSR count). The summed E-state index contributed by atoms with van der Waals surface area (Å²) in [5.74, 6) is -0.127. The Morgan fingerprint density at radius 3 is 2.42 bits per heavy atom. The monoisotopic (exact) mass is 207 g/mol. The molecule has 0 amide bonds. The molecule has 7 heteroatoms. The average Bonchev–Trinajstić information content (AvgIpc) is 1.82. The number of nitrogens with zero attached hydrogens (tertiary/aromatic N) is 2. The summed E-state index contributed by atoms with van der Waals surface area (Å²) in [6, 6.07) is 0. The van der Waals surface area contributed by atoms with Gasteiger partial charge in [0.15, 0.2) is 15.0 Å². The lowest BCUT2D eigenvalue weighted by Gasteiger charge is -2.01. The molecule has 0 saturated heterocycles. The highest BCUT2D eigenvalue weighted by atomic mass is 35.5. The van der Waals surface area contributed by atoms with Gasteiger partial charge in [-0.2, -0.15) is 0 Å².